The molecular weight excluding hydrogens is 314 g/mol. The third kappa shape index (κ3) is 3.83. The second-order valence-corrected chi connectivity index (χ2v) is 8.18. The molecule has 0 spiro atoms. The molecule has 0 aliphatic carbocycles. The number of rotatable bonds is 5. The van der Waals surface area contributed by atoms with Crippen molar-refractivity contribution in [3.8, 4) is 0 Å². The van der Waals surface area contributed by atoms with Gasteiger partial charge in [-0.15, -0.1) is 11.3 Å². The summed E-state index contributed by atoms with van der Waals surface area (Å²) in [6, 6.07) is 6.32. The molecule has 3 rings (SSSR count). The average molecular weight is 335 g/mol. The van der Waals surface area contributed by atoms with E-state index in [9.17, 15) is 4.21 Å². The lowest BCUT2D eigenvalue weighted by atomic mass is 10.1. The number of hydrogen-bond donors (Lipinski definition) is 0. The molecule has 1 aromatic heterocycles. The van der Waals surface area contributed by atoms with Crippen LogP contribution in [0.5, 0.6) is 0 Å². The third-order valence-electron chi connectivity index (χ3n) is 3.90. The van der Waals surface area contributed by atoms with Crippen molar-refractivity contribution in [3.05, 3.63) is 51.0 Å². The Morgan fingerprint density at radius 1 is 1.36 bits per heavy atom. The Morgan fingerprint density at radius 3 is 3.00 bits per heavy atom. The molecule has 118 valence electrons. The first kappa shape index (κ1) is 15.8. The van der Waals surface area contributed by atoms with Crippen LogP contribution in [0.3, 0.4) is 0 Å². The van der Waals surface area contributed by atoms with Gasteiger partial charge in [0.05, 0.1) is 11.4 Å². The molecule has 0 radical (unpaired) electrons. The van der Waals surface area contributed by atoms with E-state index in [2.05, 4.69) is 37.0 Å². The molecule has 0 bridgehead atoms. The lowest BCUT2D eigenvalue weighted by Crippen LogP contribution is -2.02. The molecule has 0 unspecified atom stereocenters. The summed E-state index contributed by atoms with van der Waals surface area (Å²) in [5.41, 5.74) is 4.52. The monoisotopic (exact) mass is 335 g/mol. The van der Waals surface area contributed by atoms with Gasteiger partial charge in [0, 0.05) is 28.5 Å². The van der Waals surface area contributed by atoms with Gasteiger partial charge in [-0.1, -0.05) is 23.8 Å². The second kappa shape index (κ2) is 7.02. The smallest absolute Gasteiger partial charge is 0.122 e. The van der Waals surface area contributed by atoms with Crippen LogP contribution in [0.15, 0.2) is 23.6 Å². The van der Waals surface area contributed by atoms with Gasteiger partial charge in [-0.05, 0) is 37.8 Å². The predicted octanol–water partition coefficient (Wildman–Crippen LogP) is 4.06. The van der Waals surface area contributed by atoms with Crippen molar-refractivity contribution in [2.24, 2.45) is 0 Å². The van der Waals surface area contributed by atoms with Gasteiger partial charge in [-0.3, -0.25) is 4.21 Å². The van der Waals surface area contributed by atoms with Crippen LogP contribution in [0, 0.1) is 13.8 Å². The largest absolute Gasteiger partial charge is 0.371 e. The Labute approximate surface area is 138 Å². The fourth-order valence-corrected chi connectivity index (χ4v) is 4.90. The highest BCUT2D eigenvalue weighted by molar-refractivity contribution is 7.83. The number of thiazole rings is 1. The van der Waals surface area contributed by atoms with Crippen LogP contribution < -0.4 is 0 Å². The maximum atomic E-state index is 12.4. The highest BCUT2D eigenvalue weighted by atomic mass is 32.2. The zero-order valence-corrected chi connectivity index (χ0v) is 14.6. The molecule has 1 fully saturated rings. The Morgan fingerprint density at radius 2 is 2.23 bits per heavy atom. The van der Waals surface area contributed by atoms with Crippen molar-refractivity contribution in [1.82, 2.24) is 4.98 Å². The lowest BCUT2D eigenvalue weighted by molar-refractivity contribution is 0.111. The molecule has 3 nitrogen and oxygen atoms in total. The minimum Gasteiger partial charge on any atom is -0.371 e. The van der Waals surface area contributed by atoms with Crippen LogP contribution in [-0.2, 0) is 27.0 Å². The van der Waals surface area contributed by atoms with Crippen LogP contribution in [0.4, 0.5) is 0 Å². The van der Waals surface area contributed by atoms with Crippen LogP contribution in [0.1, 0.15) is 46.3 Å². The molecule has 1 aliphatic rings. The number of nitrogens with zero attached hydrogens (tertiary/aromatic N) is 1. The van der Waals surface area contributed by atoms with Gasteiger partial charge in [-0.25, -0.2) is 4.98 Å². The standard InChI is InChI=1S/C17H21NO2S2/c1-12-5-6-13(2)14(8-12)10-22(19)11-15-9-21-17(18-15)16-4-3-7-20-16/h5-6,8-9,16H,3-4,7,10-11H2,1-2H3/t16-,22-/m1/s1. The van der Waals surface area contributed by atoms with E-state index < -0.39 is 10.8 Å². The fourth-order valence-electron chi connectivity index (χ4n) is 2.65. The van der Waals surface area contributed by atoms with Crippen molar-refractivity contribution < 1.29 is 8.95 Å². The number of aromatic nitrogens is 1. The molecule has 2 atom stereocenters. The SMILES string of the molecule is Cc1ccc(C)c(C[S@@](=O)Cc2csc([C@H]3CCCO3)n2)c1. The average Bonchev–Trinajstić information content (AvgIpc) is 3.13. The summed E-state index contributed by atoms with van der Waals surface area (Å²) in [7, 11) is -0.925. The van der Waals surface area contributed by atoms with E-state index in [-0.39, 0.29) is 6.10 Å². The fraction of sp³-hybridized carbons (Fsp3) is 0.471. The first-order valence-electron chi connectivity index (χ1n) is 7.59. The number of benzene rings is 1. The quantitative estimate of drug-likeness (QED) is 0.827. The normalized spacial score (nSPS) is 19.5. The lowest BCUT2D eigenvalue weighted by Gasteiger charge is -2.07. The highest BCUT2D eigenvalue weighted by Crippen LogP contribution is 2.30. The molecule has 1 aromatic carbocycles. The second-order valence-electron chi connectivity index (χ2n) is 5.84. The van der Waals surface area contributed by atoms with Gasteiger partial charge >= 0.3 is 0 Å². The number of hydrogen-bond acceptors (Lipinski definition) is 4. The molecule has 2 heterocycles. The minimum atomic E-state index is -0.925. The van der Waals surface area contributed by atoms with Crippen LogP contribution in [0.25, 0.3) is 0 Å². The van der Waals surface area contributed by atoms with E-state index in [1.807, 2.05) is 5.38 Å². The van der Waals surface area contributed by atoms with E-state index in [1.54, 1.807) is 11.3 Å². The molecular formula is C17H21NO2S2. The van der Waals surface area contributed by atoms with Crippen LogP contribution in [0.2, 0.25) is 0 Å². The molecule has 1 saturated heterocycles. The molecule has 0 amide bonds. The van der Waals surface area contributed by atoms with Gasteiger partial charge in [0.1, 0.15) is 11.1 Å². The molecule has 22 heavy (non-hydrogen) atoms. The molecule has 2 aromatic rings. The highest BCUT2D eigenvalue weighted by Gasteiger charge is 2.21. The Balaban J connectivity index is 1.63. The van der Waals surface area contributed by atoms with Gasteiger partial charge in [-0.2, -0.15) is 0 Å². The number of ether oxygens (including phenoxy) is 1. The maximum absolute atomic E-state index is 12.4. The summed E-state index contributed by atoms with van der Waals surface area (Å²) in [6.07, 6.45) is 2.32. The summed E-state index contributed by atoms with van der Waals surface area (Å²) >= 11 is 1.63. The summed E-state index contributed by atoms with van der Waals surface area (Å²) in [6.45, 7) is 4.97. The van der Waals surface area contributed by atoms with Crippen LogP contribution in [-0.4, -0.2) is 15.8 Å². The Kier molecular flexibility index (Phi) is 5.06. The summed E-state index contributed by atoms with van der Waals surface area (Å²) in [4.78, 5) is 4.61. The van der Waals surface area contributed by atoms with Crippen molar-refractivity contribution in [2.45, 2.75) is 44.3 Å². The van der Waals surface area contributed by atoms with Crippen molar-refractivity contribution >= 4 is 22.1 Å². The molecule has 0 saturated carbocycles. The van der Waals surface area contributed by atoms with Gasteiger partial charge in [0.2, 0.25) is 0 Å². The Bertz CT molecular complexity index is 675. The van der Waals surface area contributed by atoms with Gasteiger partial charge < -0.3 is 4.74 Å². The van der Waals surface area contributed by atoms with Crippen molar-refractivity contribution in [1.29, 1.82) is 0 Å². The summed E-state index contributed by atoms with van der Waals surface area (Å²) < 4.78 is 18.1. The topological polar surface area (TPSA) is 39.2 Å². The summed E-state index contributed by atoms with van der Waals surface area (Å²) in [5.74, 6) is 1.12. The predicted molar refractivity (Wildman–Crippen MR) is 91.5 cm³/mol. The van der Waals surface area contributed by atoms with E-state index in [4.69, 9.17) is 4.74 Å². The van der Waals surface area contributed by atoms with Crippen molar-refractivity contribution in [3.63, 3.8) is 0 Å². The van der Waals surface area contributed by atoms with E-state index in [0.717, 1.165) is 30.2 Å². The van der Waals surface area contributed by atoms with E-state index >= 15 is 0 Å². The summed E-state index contributed by atoms with van der Waals surface area (Å²) in [5, 5.41) is 3.06. The Hall–Kier alpha value is -1.04. The third-order valence-corrected chi connectivity index (χ3v) is 6.14. The van der Waals surface area contributed by atoms with E-state index in [0.29, 0.717) is 11.5 Å². The van der Waals surface area contributed by atoms with Gasteiger partial charge in [0.25, 0.3) is 0 Å². The number of aryl methyl sites for hydroxylation is 2. The first-order chi connectivity index (χ1) is 10.6. The first-order valence-corrected chi connectivity index (χ1v) is 9.95. The van der Waals surface area contributed by atoms with Crippen molar-refractivity contribution in [2.75, 3.05) is 6.61 Å². The van der Waals surface area contributed by atoms with E-state index in [1.165, 1.54) is 16.7 Å². The molecule has 0 N–H and O–H groups in total. The molecule has 1 aliphatic heterocycles. The minimum absolute atomic E-state index is 0.159. The van der Waals surface area contributed by atoms with Crippen LogP contribution >= 0.6 is 11.3 Å². The molecule has 5 heteroatoms. The zero-order chi connectivity index (χ0) is 15.5. The zero-order valence-electron chi connectivity index (χ0n) is 13.0. The maximum Gasteiger partial charge on any atom is 0.122 e. The van der Waals surface area contributed by atoms with Gasteiger partial charge in [0.15, 0.2) is 0 Å².